The minimum absolute atomic E-state index is 0.0832. The molecule has 6 N–H and O–H groups in total. The smallest absolute Gasteiger partial charge is 0.462 e. The number of hydrogen-bond donors (Lipinski definition) is 6. The molecule has 13 nitrogen and oxygen atoms in total. The van der Waals surface area contributed by atoms with Crippen LogP contribution in [0.4, 0.5) is 0 Å². The second-order valence-electron chi connectivity index (χ2n) is 14.8. The van der Waals surface area contributed by atoms with E-state index in [0.29, 0.717) is 12.8 Å². The summed E-state index contributed by atoms with van der Waals surface area (Å²) in [5.41, 5.74) is 0. The van der Waals surface area contributed by atoms with E-state index in [1.54, 1.807) is 0 Å². The third-order valence-electron chi connectivity index (χ3n) is 9.70. The third kappa shape index (κ3) is 25.4. The lowest BCUT2D eigenvalue weighted by Gasteiger charge is -2.41. The van der Waals surface area contributed by atoms with Crippen LogP contribution < -0.4 is 0 Å². The number of esters is 2. The van der Waals surface area contributed by atoms with E-state index in [9.17, 15) is 44.6 Å². The third-order valence-corrected chi connectivity index (χ3v) is 10.7. The second-order valence-corrected chi connectivity index (χ2v) is 16.2. The first-order valence-corrected chi connectivity index (χ1v) is 22.8. The summed E-state index contributed by atoms with van der Waals surface area (Å²) in [4.78, 5) is 35.6. The van der Waals surface area contributed by atoms with Crippen LogP contribution in [0.25, 0.3) is 0 Å². The molecule has 0 bridgehead atoms. The quantitative estimate of drug-likeness (QED) is 0.0162. The molecular weight excluding hydrogens is 743 g/mol. The highest BCUT2D eigenvalue weighted by Crippen LogP contribution is 2.47. The van der Waals surface area contributed by atoms with Gasteiger partial charge in [-0.3, -0.25) is 18.6 Å². The van der Waals surface area contributed by atoms with Crippen molar-refractivity contribution in [1.29, 1.82) is 0 Å². The summed E-state index contributed by atoms with van der Waals surface area (Å²) in [6, 6.07) is 0. The number of hydrogen-bond acceptors (Lipinski definition) is 12. The number of phosphoric acid groups is 1. The Bertz CT molecular complexity index is 1130. The standard InChI is InChI=1S/C42H75O13P/c1-3-5-7-9-11-13-15-17-19-20-22-24-26-28-30-35(43)52-32-34(33-53-56(50,51)55-42-40(48)38(46)37(45)39(47)41(42)49)54-36(44)31-29-27-25-23-21-18-16-14-12-10-8-6-4-2/h9,11,14-17,34,37-42,45-49H,3-8,10,12-13,18-33H2,1-2H3,(H,50,51)/b11-9+,16-14+,17-15+/t34-,37?,38-,39?,40?,41?,42?/m0/s1. The minimum atomic E-state index is -5.12. The molecule has 0 aromatic heterocycles. The first kappa shape index (κ1) is 52.1. The second kappa shape index (κ2) is 33.0. The van der Waals surface area contributed by atoms with Crippen LogP contribution in [0.2, 0.25) is 0 Å². The molecule has 0 spiro atoms. The zero-order valence-corrected chi connectivity index (χ0v) is 35.1. The molecule has 1 rings (SSSR count). The molecule has 0 amide bonds. The first-order valence-electron chi connectivity index (χ1n) is 21.3. The Morgan fingerprint density at radius 1 is 0.554 bits per heavy atom. The molecule has 326 valence electrons. The summed E-state index contributed by atoms with van der Waals surface area (Å²) < 4.78 is 33.4. The summed E-state index contributed by atoms with van der Waals surface area (Å²) in [5.74, 6) is -1.13. The number of carbonyl (C=O) groups excluding carboxylic acids is 2. The lowest BCUT2D eigenvalue weighted by Crippen LogP contribution is -2.64. The molecule has 0 aliphatic heterocycles. The van der Waals surface area contributed by atoms with Crippen LogP contribution in [0.5, 0.6) is 0 Å². The normalized spacial score (nSPS) is 23.2. The van der Waals surface area contributed by atoms with Crippen LogP contribution in [0.3, 0.4) is 0 Å². The van der Waals surface area contributed by atoms with Crippen LogP contribution in [-0.2, 0) is 32.7 Å². The van der Waals surface area contributed by atoms with E-state index in [0.717, 1.165) is 83.5 Å². The molecule has 0 radical (unpaired) electrons. The van der Waals surface area contributed by atoms with Crippen molar-refractivity contribution in [3.63, 3.8) is 0 Å². The highest BCUT2D eigenvalue weighted by molar-refractivity contribution is 7.47. The zero-order chi connectivity index (χ0) is 41.4. The van der Waals surface area contributed by atoms with E-state index in [4.69, 9.17) is 18.5 Å². The van der Waals surface area contributed by atoms with Crippen molar-refractivity contribution in [3.8, 4) is 0 Å². The van der Waals surface area contributed by atoms with Gasteiger partial charge in [0, 0.05) is 12.8 Å². The van der Waals surface area contributed by atoms with Gasteiger partial charge in [-0.25, -0.2) is 4.57 Å². The molecule has 0 aromatic rings. The largest absolute Gasteiger partial charge is 0.472 e. The van der Waals surface area contributed by atoms with Gasteiger partial charge < -0.3 is 39.9 Å². The lowest BCUT2D eigenvalue weighted by molar-refractivity contribution is -0.220. The first-order chi connectivity index (χ1) is 26.9. The SMILES string of the molecule is CCCC/C=C/C/C=C/CCCCCCCC(=O)OC[C@@H](COP(=O)(O)OC1C(O)C(O)C(O)[C@H](O)C1O)OC(=O)CCCCCCC/C=C/CCCCCC. The van der Waals surface area contributed by atoms with E-state index in [1.165, 1.54) is 38.5 Å². The van der Waals surface area contributed by atoms with Gasteiger partial charge in [-0.15, -0.1) is 0 Å². The average Bonchev–Trinajstić information content (AvgIpc) is 3.18. The fraction of sp³-hybridized carbons (Fsp3) is 0.810. The summed E-state index contributed by atoms with van der Waals surface area (Å²) in [6.45, 7) is 3.20. The Balaban J connectivity index is 2.52. The summed E-state index contributed by atoms with van der Waals surface area (Å²) in [7, 11) is -5.12. The maximum Gasteiger partial charge on any atom is 0.472 e. The van der Waals surface area contributed by atoms with Gasteiger partial charge in [-0.05, 0) is 64.2 Å². The maximum absolute atomic E-state index is 12.8. The molecule has 1 aliphatic carbocycles. The predicted molar refractivity (Wildman–Crippen MR) is 216 cm³/mol. The minimum Gasteiger partial charge on any atom is -0.462 e. The van der Waals surface area contributed by atoms with Crippen LogP contribution in [0.15, 0.2) is 36.5 Å². The van der Waals surface area contributed by atoms with Gasteiger partial charge >= 0.3 is 19.8 Å². The van der Waals surface area contributed by atoms with Gasteiger partial charge in [0.2, 0.25) is 0 Å². The summed E-state index contributed by atoms with van der Waals surface area (Å²) in [5, 5.41) is 50.0. The number of phosphoric ester groups is 1. The molecule has 0 saturated heterocycles. The molecule has 0 heterocycles. The summed E-state index contributed by atoms with van der Waals surface area (Å²) >= 11 is 0. The van der Waals surface area contributed by atoms with Gasteiger partial charge in [0.15, 0.2) is 6.10 Å². The molecule has 0 aromatic carbocycles. The topological polar surface area (TPSA) is 210 Å². The number of aliphatic hydroxyl groups excluding tert-OH is 5. The molecule has 14 heteroatoms. The number of rotatable bonds is 34. The van der Waals surface area contributed by atoms with E-state index in [1.807, 2.05) is 0 Å². The van der Waals surface area contributed by atoms with Crippen molar-refractivity contribution in [2.45, 2.75) is 204 Å². The molecule has 8 atom stereocenters. The van der Waals surface area contributed by atoms with Crippen LogP contribution in [0, 0.1) is 0 Å². The van der Waals surface area contributed by atoms with Crippen LogP contribution in [-0.4, -0.2) is 98.3 Å². The number of carbonyl (C=O) groups is 2. The molecule has 1 saturated carbocycles. The van der Waals surface area contributed by atoms with Crippen molar-refractivity contribution < 1.29 is 63.1 Å². The van der Waals surface area contributed by atoms with Crippen molar-refractivity contribution in [2.24, 2.45) is 0 Å². The van der Waals surface area contributed by atoms with Gasteiger partial charge in [0.05, 0.1) is 6.61 Å². The molecule has 1 aliphatic rings. The van der Waals surface area contributed by atoms with Gasteiger partial charge in [-0.1, -0.05) is 121 Å². The monoisotopic (exact) mass is 818 g/mol. The lowest BCUT2D eigenvalue weighted by atomic mass is 9.85. The Labute approximate surface area is 336 Å². The van der Waals surface area contributed by atoms with Crippen molar-refractivity contribution >= 4 is 19.8 Å². The number of allylic oxidation sites excluding steroid dienone is 6. The number of unbranched alkanes of at least 4 members (excludes halogenated alkanes) is 16. The Kier molecular flexibility index (Phi) is 30.7. The van der Waals surface area contributed by atoms with E-state index >= 15 is 0 Å². The number of ether oxygens (including phenoxy) is 2. The molecule has 1 fully saturated rings. The van der Waals surface area contributed by atoms with Crippen molar-refractivity contribution in [1.82, 2.24) is 0 Å². The Morgan fingerprint density at radius 2 is 0.982 bits per heavy atom. The van der Waals surface area contributed by atoms with E-state index in [-0.39, 0.29) is 12.8 Å². The average molecular weight is 819 g/mol. The van der Waals surface area contributed by atoms with Crippen molar-refractivity contribution in [3.05, 3.63) is 36.5 Å². The fourth-order valence-corrected chi connectivity index (χ4v) is 7.15. The fourth-order valence-electron chi connectivity index (χ4n) is 6.18. The predicted octanol–water partition coefficient (Wildman–Crippen LogP) is 7.44. The van der Waals surface area contributed by atoms with Crippen LogP contribution in [0.1, 0.15) is 162 Å². The van der Waals surface area contributed by atoms with E-state index < -0.39 is 75.7 Å². The van der Waals surface area contributed by atoms with Crippen molar-refractivity contribution in [2.75, 3.05) is 13.2 Å². The zero-order valence-electron chi connectivity index (χ0n) is 34.2. The van der Waals surface area contributed by atoms with Gasteiger partial charge in [0.1, 0.15) is 43.2 Å². The Hall–Kier alpha value is -1.93. The molecule has 6 unspecified atom stereocenters. The Morgan fingerprint density at radius 3 is 1.52 bits per heavy atom. The van der Waals surface area contributed by atoms with Gasteiger partial charge in [-0.2, -0.15) is 0 Å². The highest BCUT2D eigenvalue weighted by Gasteiger charge is 2.51. The number of aliphatic hydroxyl groups is 5. The van der Waals surface area contributed by atoms with E-state index in [2.05, 4.69) is 50.3 Å². The van der Waals surface area contributed by atoms with Crippen LogP contribution >= 0.6 is 7.82 Å². The van der Waals surface area contributed by atoms with Gasteiger partial charge in [0.25, 0.3) is 0 Å². The maximum atomic E-state index is 12.8. The molecule has 56 heavy (non-hydrogen) atoms. The summed E-state index contributed by atoms with van der Waals surface area (Å²) in [6.07, 6.45) is 22.1. The highest BCUT2D eigenvalue weighted by atomic mass is 31.2. The molecular formula is C42H75O13P.